The predicted octanol–water partition coefficient (Wildman–Crippen LogP) is 10.7. The van der Waals surface area contributed by atoms with Crippen LogP contribution >= 0.6 is 0 Å². The van der Waals surface area contributed by atoms with Gasteiger partial charge in [-0.25, -0.2) is 0 Å². The summed E-state index contributed by atoms with van der Waals surface area (Å²) in [5, 5.41) is 9.19. The lowest BCUT2D eigenvalue weighted by molar-refractivity contribution is 0.281. The van der Waals surface area contributed by atoms with E-state index in [-0.39, 0.29) is 17.9 Å². The van der Waals surface area contributed by atoms with E-state index in [1.165, 1.54) is 22.3 Å². The lowest BCUT2D eigenvalue weighted by atomic mass is 9.82. The van der Waals surface area contributed by atoms with Gasteiger partial charge in [-0.15, -0.1) is 0 Å². The molecule has 0 aliphatic rings. The van der Waals surface area contributed by atoms with Gasteiger partial charge in [0.05, 0.1) is 6.61 Å². The van der Waals surface area contributed by atoms with Crippen molar-refractivity contribution in [3.63, 3.8) is 0 Å². The van der Waals surface area contributed by atoms with Gasteiger partial charge in [0.2, 0.25) is 0 Å². The minimum Gasteiger partial charge on any atom is -0.489 e. The molecule has 3 heteroatoms. The maximum Gasteiger partial charge on any atom is 0.127 e. The molecule has 0 spiro atoms. The molecule has 3 nitrogen and oxygen atoms in total. The van der Waals surface area contributed by atoms with E-state index in [1.54, 1.807) is 0 Å². The number of ether oxygens (including phenoxy) is 2. The Kier molecular flexibility index (Phi) is 11.4. The molecule has 0 saturated heterocycles. The van der Waals surface area contributed by atoms with Gasteiger partial charge in [0.25, 0.3) is 0 Å². The van der Waals surface area contributed by atoms with Crippen LogP contribution in [0, 0.1) is 5.92 Å². The van der Waals surface area contributed by atoms with E-state index in [9.17, 15) is 5.11 Å². The number of hydrogen-bond donors (Lipinski definition) is 1. The molecule has 1 unspecified atom stereocenters. The van der Waals surface area contributed by atoms with Crippen LogP contribution in [0.3, 0.4) is 0 Å². The summed E-state index contributed by atoms with van der Waals surface area (Å²) in [7, 11) is 0. The largest absolute Gasteiger partial charge is 0.489 e. The second kappa shape index (κ2) is 15.4. The highest BCUT2D eigenvalue weighted by atomic mass is 16.5. The number of aliphatic hydroxyl groups excluding tert-OH is 1. The van der Waals surface area contributed by atoms with E-state index in [2.05, 4.69) is 120 Å². The van der Waals surface area contributed by atoms with Crippen LogP contribution < -0.4 is 9.47 Å². The van der Waals surface area contributed by atoms with Crippen LogP contribution in [0.1, 0.15) is 80.8 Å². The molecular weight excluding hydrogens is 540 g/mol. The zero-order valence-corrected chi connectivity index (χ0v) is 27.0. The maximum atomic E-state index is 9.19. The summed E-state index contributed by atoms with van der Waals surface area (Å²) in [5.74, 6) is 3.31. The number of rotatable bonds is 9. The highest BCUT2D eigenvalue weighted by Gasteiger charge is 2.19. The minimum atomic E-state index is 0.0246. The van der Waals surface area contributed by atoms with Gasteiger partial charge >= 0.3 is 0 Å². The van der Waals surface area contributed by atoms with Crippen molar-refractivity contribution < 1.29 is 14.6 Å². The fourth-order valence-corrected chi connectivity index (χ4v) is 4.77. The summed E-state index contributed by atoms with van der Waals surface area (Å²) < 4.78 is 12.0. The molecule has 1 N–H and O–H groups in total. The topological polar surface area (TPSA) is 38.7 Å². The van der Waals surface area contributed by atoms with E-state index in [1.807, 2.05) is 48.5 Å². The van der Waals surface area contributed by atoms with Gasteiger partial charge in [-0.3, -0.25) is 0 Å². The lowest BCUT2D eigenvalue weighted by Crippen LogP contribution is -2.11. The van der Waals surface area contributed by atoms with Crippen molar-refractivity contribution in [2.75, 3.05) is 0 Å². The van der Waals surface area contributed by atoms with Gasteiger partial charge in [-0.2, -0.15) is 0 Å². The number of aliphatic hydroxyl groups is 1. The summed E-state index contributed by atoms with van der Waals surface area (Å²) in [6, 6.07) is 43.5. The van der Waals surface area contributed by atoms with E-state index in [4.69, 9.17) is 9.47 Å². The van der Waals surface area contributed by atoms with Crippen molar-refractivity contribution in [1.82, 2.24) is 0 Å². The second-order valence-electron chi connectivity index (χ2n) is 12.9. The molecule has 0 radical (unpaired) electrons. The highest BCUT2D eigenvalue weighted by Crippen LogP contribution is 2.34. The van der Waals surface area contributed by atoms with Gasteiger partial charge in [0.15, 0.2) is 0 Å². The minimum absolute atomic E-state index is 0.0246. The standard InChI is InChI=1S/C37H36O3.C4H10/c1-37(2,3)32-17-13-30(14-18-32)36(29-7-5-4-6-8-29)31-15-23-33(24-16-31)39-26-28-11-21-35(22-12-28)40-34-19-9-27(25-38)10-20-34;1-4(2)3/h4-24,36,38H,25-26H2,1-3H3;4H,1-3H3. The van der Waals surface area contributed by atoms with Crippen LogP contribution in [0.4, 0.5) is 0 Å². The molecule has 5 rings (SSSR count). The van der Waals surface area contributed by atoms with E-state index < -0.39 is 0 Å². The Morgan fingerprint density at radius 1 is 0.545 bits per heavy atom. The van der Waals surface area contributed by atoms with Crippen molar-refractivity contribution in [1.29, 1.82) is 0 Å². The molecular formula is C41H46O3. The first-order valence-corrected chi connectivity index (χ1v) is 15.5. The van der Waals surface area contributed by atoms with Crippen molar-refractivity contribution in [3.8, 4) is 17.2 Å². The van der Waals surface area contributed by atoms with Crippen LogP contribution in [0.25, 0.3) is 0 Å². The lowest BCUT2D eigenvalue weighted by Gasteiger charge is -2.22. The average Bonchev–Trinajstić information content (AvgIpc) is 3.02. The molecule has 228 valence electrons. The van der Waals surface area contributed by atoms with Crippen LogP contribution in [-0.2, 0) is 18.6 Å². The van der Waals surface area contributed by atoms with Gasteiger partial charge < -0.3 is 14.6 Å². The van der Waals surface area contributed by atoms with Crippen LogP contribution in [0.2, 0.25) is 0 Å². The van der Waals surface area contributed by atoms with Crippen molar-refractivity contribution >= 4 is 0 Å². The Labute approximate surface area is 264 Å². The van der Waals surface area contributed by atoms with Gasteiger partial charge in [-0.1, -0.05) is 133 Å². The Hall–Kier alpha value is -4.34. The number of hydrogen-bond acceptors (Lipinski definition) is 3. The predicted molar refractivity (Wildman–Crippen MR) is 183 cm³/mol. The van der Waals surface area contributed by atoms with E-state index in [0.29, 0.717) is 6.61 Å². The van der Waals surface area contributed by atoms with Gasteiger partial charge in [0, 0.05) is 5.92 Å². The summed E-state index contributed by atoms with van der Waals surface area (Å²) in [6.07, 6.45) is 0. The summed E-state index contributed by atoms with van der Waals surface area (Å²) in [4.78, 5) is 0. The summed E-state index contributed by atoms with van der Waals surface area (Å²) in [6.45, 7) is 13.7. The SMILES string of the molecule is CC(C)(C)c1ccc(C(c2ccccc2)c2ccc(OCc3ccc(Oc4ccc(CO)cc4)cc3)cc2)cc1.CC(C)C. The second-order valence-corrected chi connectivity index (χ2v) is 12.9. The fourth-order valence-electron chi connectivity index (χ4n) is 4.77. The third kappa shape index (κ3) is 9.59. The molecule has 0 bridgehead atoms. The monoisotopic (exact) mass is 586 g/mol. The van der Waals surface area contributed by atoms with Crippen molar-refractivity contribution in [2.24, 2.45) is 5.92 Å². The van der Waals surface area contributed by atoms with Crippen LogP contribution in [-0.4, -0.2) is 5.11 Å². The molecule has 44 heavy (non-hydrogen) atoms. The smallest absolute Gasteiger partial charge is 0.127 e. The van der Waals surface area contributed by atoms with Crippen molar-refractivity contribution in [3.05, 3.63) is 161 Å². The third-order valence-corrected chi connectivity index (χ3v) is 7.13. The molecule has 5 aromatic rings. The first kappa shape index (κ1) is 32.6. The molecule has 0 amide bonds. The average molecular weight is 587 g/mol. The third-order valence-electron chi connectivity index (χ3n) is 7.13. The molecule has 0 fully saturated rings. The highest BCUT2D eigenvalue weighted by molar-refractivity contribution is 5.45. The molecule has 0 aliphatic heterocycles. The molecule has 5 aromatic carbocycles. The Morgan fingerprint density at radius 2 is 0.977 bits per heavy atom. The van der Waals surface area contributed by atoms with E-state index in [0.717, 1.165) is 34.3 Å². The molecule has 0 aromatic heterocycles. The Balaban J connectivity index is 0.00000104. The molecule has 0 saturated carbocycles. The summed E-state index contributed by atoms with van der Waals surface area (Å²) >= 11 is 0. The zero-order chi connectivity index (χ0) is 31.5. The first-order valence-electron chi connectivity index (χ1n) is 15.5. The molecule has 1 atom stereocenters. The molecule has 0 heterocycles. The van der Waals surface area contributed by atoms with Crippen LogP contribution in [0.5, 0.6) is 17.2 Å². The van der Waals surface area contributed by atoms with Gasteiger partial charge in [-0.05, 0) is 81.1 Å². The molecule has 0 aliphatic carbocycles. The normalized spacial score (nSPS) is 11.8. The Bertz CT molecular complexity index is 1530. The first-order chi connectivity index (χ1) is 21.1. The number of benzene rings is 5. The van der Waals surface area contributed by atoms with E-state index >= 15 is 0 Å². The van der Waals surface area contributed by atoms with Crippen LogP contribution in [0.15, 0.2) is 127 Å². The Morgan fingerprint density at radius 3 is 1.45 bits per heavy atom. The van der Waals surface area contributed by atoms with Gasteiger partial charge in [0.1, 0.15) is 23.9 Å². The quantitative estimate of drug-likeness (QED) is 0.175. The fraction of sp³-hybridized carbons (Fsp3) is 0.268. The summed E-state index contributed by atoms with van der Waals surface area (Å²) in [5.41, 5.74) is 7.16. The zero-order valence-electron chi connectivity index (χ0n) is 27.0. The van der Waals surface area contributed by atoms with Crippen molar-refractivity contribution in [2.45, 2.75) is 66.1 Å². The maximum absolute atomic E-state index is 9.19.